The molecule has 0 radical (unpaired) electrons. The van der Waals surface area contributed by atoms with Gasteiger partial charge in [-0.25, -0.2) is 0 Å². The van der Waals surface area contributed by atoms with Crippen LogP contribution in [-0.4, -0.2) is 40.9 Å². The summed E-state index contributed by atoms with van der Waals surface area (Å²) >= 11 is 0. The normalized spacial score (nSPS) is 24.8. The van der Waals surface area contributed by atoms with Crippen molar-refractivity contribution in [3.8, 4) is 6.07 Å². The summed E-state index contributed by atoms with van der Waals surface area (Å²) in [5.74, 6) is 0.822. The highest BCUT2D eigenvalue weighted by Gasteiger charge is 2.46. The molecule has 0 spiro atoms. The first-order valence-electron chi connectivity index (χ1n) is 8.11. The van der Waals surface area contributed by atoms with Gasteiger partial charge in [0.25, 0.3) is 0 Å². The number of rotatable bonds is 4. The van der Waals surface area contributed by atoms with Gasteiger partial charge in [-0.3, -0.25) is 9.69 Å². The molecule has 22 heavy (non-hydrogen) atoms. The molecule has 0 saturated carbocycles. The molecular formula is C18H23N3O. The molecule has 1 aromatic carbocycles. The highest BCUT2D eigenvalue weighted by molar-refractivity contribution is 5.80. The molecule has 4 nitrogen and oxygen atoms in total. The quantitative estimate of drug-likeness (QED) is 0.857. The molecule has 2 heterocycles. The molecular weight excluding hydrogens is 274 g/mol. The summed E-state index contributed by atoms with van der Waals surface area (Å²) in [5.41, 5.74) is 1.87. The number of likely N-dealkylation sites (tertiary alicyclic amines) is 2. The Morgan fingerprint density at radius 1 is 1.36 bits per heavy atom. The summed E-state index contributed by atoms with van der Waals surface area (Å²) < 4.78 is 0. The van der Waals surface area contributed by atoms with Gasteiger partial charge in [-0.2, -0.15) is 5.26 Å². The van der Waals surface area contributed by atoms with E-state index < -0.39 is 0 Å². The second-order valence-corrected chi connectivity index (χ2v) is 6.85. The Bertz CT molecular complexity index is 605. The predicted molar refractivity (Wildman–Crippen MR) is 84.9 cm³/mol. The second kappa shape index (κ2) is 6.10. The Morgan fingerprint density at radius 2 is 2.18 bits per heavy atom. The molecule has 116 valence electrons. The van der Waals surface area contributed by atoms with Crippen LogP contribution >= 0.6 is 0 Å². The maximum absolute atomic E-state index is 12.3. The van der Waals surface area contributed by atoms with Gasteiger partial charge >= 0.3 is 0 Å². The van der Waals surface area contributed by atoms with Gasteiger partial charge in [0.05, 0.1) is 11.6 Å². The largest absolute Gasteiger partial charge is 0.338 e. The number of nitrogens with zero attached hydrogens (tertiary/aromatic N) is 3. The summed E-state index contributed by atoms with van der Waals surface area (Å²) in [6.07, 6.45) is 1.72. The Balaban J connectivity index is 1.70. The number of amides is 1. The van der Waals surface area contributed by atoms with Crippen molar-refractivity contribution in [1.29, 1.82) is 5.26 Å². The van der Waals surface area contributed by atoms with E-state index in [4.69, 9.17) is 5.26 Å². The molecule has 0 bridgehead atoms. The number of hydrogen-bond donors (Lipinski definition) is 0. The first-order valence-corrected chi connectivity index (χ1v) is 8.11. The van der Waals surface area contributed by atoms with E-state index in [0.29, 0.717) is 35.9 Å². The second-order valence-electron chi connectivity index (χ2n) is 6.85. The van der Waals surface area contributed by atoms with Gasteiger partial charge in [-0.05, 0) is 30.0 Å². The smallest absolute Gasteiger partial charge is 0.224 e. The molecule has 4 heteroatoms. The molecule has 0 N–H and O–H groups in total. The standard InChI is InChI=1S/C18H23N3O/c1-13(2)11-21-16-6-7-20(17(16)9-18(21)22)12-15-5-3-4-14(8-15)10-19/h3-5,8,13,16-17H,6-7,9,11-12H2,1-2H3/t16-,17+/m1/s1. The zero-order valence-corrected chi connectivity index (χ0v) is 13.3. The fourth-order valence-electron chi connectivity index (χ4n) is 3.81. The summed E-state index contributed by atoms with van der Waals surface area (Å²) in [5, 5.41) is 9.01. The van der Waals surface area contributed by atoms with Crippen molar-refractivity contribution in [3.63, 3.8) is 0 Å². The lowest BCUT2D eigenvalue weighted by atomic mass is 10.1. The number of carbonyl (C=O) groups is 1. The van der Waals surface area contributed by atoms with Gasteiger partial charge in [0, 0.05) is 38.1 Å². The van der Waals surface area contributed by atoms with Crippen LogP contribution in [0.5, 0.6) is 0 Å². The fourth-order valence-corrected chi connectivity index (χ4v) is 3.81. The molecule has 2 atom stereocenters. The van der Waals surface area contributed by atoms with E-state index in [9.17, 15) is 4.79 Å². The third-order valence-electron chi connectivity index (χ3n) is 4.73. The van der Waals surface area contributed by atoms with Gasteiger partial charge in [0.1, 0.15) is 0 Å². The van der Waals surface area contributed by atoms with E-state index in [1.807, 2.05) is 18.2 Å². The van der Waals surface area contributed by atoms with Crippen molar-refractivity contribution in [2.75, 3.05) is 13.1 Å². The highest BCUT2D eigenvalue weighted by atomic mass is 16.2. The van der Waals surface area contributed by atoms with Crippen molar-refractivity contribution < 1.29 is 4.79 Å². The maximum atomic E-state index is 12.3. The molecule has 2 aliphatic heterocycles. The lowest BCUT2D eigenvalue weighted by molar-refractivity contribution is -0.129. The third kappa shape index (κ3) is 2.86. The van der Waals surface area contributed by atoms with Crippen molar-refractivity contribution in [2.24, 2.45) is 5.92 Å². The average molecular weight is 297 g/mol. The van der Waals surface area contributed by atoms with E-state index in [0.717, 1.165) is 31.6 Å². The summed E-state index contributed by atoms with van der Waals surface area (Å²) in [6.45, 7) is 7.08. The predicted octanol–water partition coefficient (Wildman–Crippen LogP) is 2.39. The number of hydrogen-bond acceptors (Lipinski definition) is 3. The molecule has 0 unspecified atom stereocenters. The molecule has 2 saturated heterocycles. The zero-order valence-electron chi connectivity index (χ0n) is 13.3. The Kier molecular flexibility index (Phi) is 4.17. The first-order chi connectivity index (χ1) is 10.6. The molecule has 1 amide bonds. The summed E-state index contributed by atoms with van der Waals surface area (Å²) in [7, 11) is 0. The Morgan fingerprint density at radius 3 is 2.91 bits per heavy atom. The van der Waals surface area contributed by atoms with Gasteiger partial charge in [-0.1, -0.05) is 26.0 Å². The van der Waals surface area contributed by atoms with Crippen LogP contribution < -0.4 is 0 Å². The topological polar surface area (TPSA) is 47.3 Å². The minimum Gasteiger partial charge on any atom is -0.338 e. The SMILES string of the molecule is CC(C)CN1C(=O)C[C@H]2[C@H]1CCN2Cc1cccc(C#N)c1. The van der Waals surface area contributed by atoms with Crippen LogP contribution in [0.25, 0.3) is 0 Å². The number of nitriles is 1. The fraction of sp³-hybridized carbons (Fsp3) is 0.556. The molecule has 1 aromatic rings. The van der Waals surface area contributed by atoms with Crippen LogP contribution in [0, 0.1) is 17.2 Å². The third-order valence-corrected chi connectivity index (χ3v) is 4.73. The van der Waals surface area contributed by atoms with Crippen LogP contribution in [0.15, 0.2) is 24.3 Å². The maximum Gasteiger partial charge on any atom is 0.224 e. The van der Waals surface area contributed by atoms with Gasteiger partial charge in [-0.15, -0.1) is 0 Å². The monoisotopic (exact) mass is 297 g/mol. The van der Waals surface area contributed by atoms with E-state index in [1.54, 1.807) is 0 Å². The molecule has 0 aliphatic carbocycles. The van der Waals surface area contributed by atoms with Crippen LogP contribution in [-0.2, 0) is 11.3 Å². The molecule has 2 aliphatic rings. The van der Waals surface area contributed by atoms with E-state index in [1.165, 1.54) is 0 Å². The minimum atomic E-state index is 0.305. The van der Waals surface area contributed by atoms with Crippen LogP contribution in [0.3, 0.4) is 0 Å². The van der Waals surface area contributed by atoms with Crippen molar-refractivity contribution in [3.05, 3.63) is 35.4 Å². The number of carbonyl (C=O) groups excluding carboxylic acids is 1. The lowest BCUT2D eigenvalue weighted by Gasteiger charge is -2.26. The number of fused-ring (bicyclic) bond motifs is 1. The summed E-state index contributed by atoms with van der Waals surface area (Å²) in [4.78, 5) is 16.8. The molecule has 3 rings (SSSR count). The lowest BCUT2D eigenvalue weighted by Crippen LogP contribution is -2.39. The van der Waals surface area contributed by atoms with E-state index in [-0.39, 0.29) is 0 Å². The summed E-state index contributed by atoms with van der Waals surface area (Å²) in [6, 6.07) is 10.7. The first kappa shape index (κ1) is 15.1. The van der Waals surface area contributed by atoms with Crippen LogP contribution in [0.4, 0.5) is 0 Å². The van der Waals surface area contributed by atoms with Crippen LogP contribution in [0.2, 0.25) is 0 Å². The average Bonchev–Trinajstić information content (AvgIpc) is 3.00. The highest BCUT2D eigenvalue weighted by Crippen LogP contribution is 2.33. The van der Waals surface area contributed by atoms with Gasteiger partial charge in [0.2, 0.25) is 5.91 Å². The molecule has 2 fully saturated rings. The number of benzene rings is 1. The molecule has 0 aromatic heterocycles. The van der Waals surface area contributed by atoms with Crippen molar-refractivity contribution in [1.82, 2.24) is 9.80 Å². The van der Waals surface area contributed by atoms with E-state index >= 15 is 0 Å². The van der Waals surface area contributed by atoms with Crippen molar-refractivity contribution in [2.45, 2.75) is 45.3 Å². The van der Waals surface area contributed by atoms with Crippen LogP contribution in [0.1, 0.15) is 37.8 Å². The zero-order chi connectivity index (χ0) is 15.7. The van der Waals surface area contributed by atoms with E-state index in [2.05, 4.69) is 35.8 Å². The Hall–Kier alpha value is -1.86. The van der Waals surface area contributed by atoms with Gasteiger partial charge in [0.15, 0.2) is 0 Å². The van der Waals surface area contributed by atoms with Crippen molar-refractivity contribution >= 4 is 5.91 Å². The van der Waals surface area contributed by atoms with Gasteiger partial charge < -0.3 is 4.90 Å². The minimum absolute atomic E-state index is 0.305. The Labute approximate surface area is 132 Å².